The average Bonchev–Trinajstić information content (AvgIpc) is 2.93. The van der Waals surface area contributed by atoms with Crippen LogP contribution in [0.25, 0.3) is 0 Å². The maximum absolute atomic E-state index is 13.2. The van der Waals surface area contributed by atoms with Crippen LogP contribution in [0.3, 0.4) is 0 Å². The van der Waals surface area contributed by atoms with Crippen LogP contribution < -0.4 is 9.47 Å². The second-order valence-electron chi connectivity index (χ2n) is 9.91. The first kappa shape index (κ1) is 31.1. The van der Waals surface area contributed by atoms with Crippen LogP contribution in [0.2, 0.25) is 10.0 Å². The number of carbonyl (C=O) groups excluding carboxylic acids is 3. The molecule has 0 amide bonds. The van der Waals surface area contributed by atoms with E-state index in [9.17, 15) is 14.4 Å². The van der Waals surface area contributed by atoms with Gasteiger partial charge in [-0.1, -0.05) is 80.4 Å². The van der Waals surface area contributed by atoms with E-state index in [0.29, 0.717) is 16.5 Å². The second-order valence-corrected chi connectivity index (χ2v) is 10.7. The molecule has 212 valence electrons. The van der Waals surface area contributed by atoms with Crippen LogP contribution in [0.4, 0.5) is 0 Å². The highest BCUT2D eigenvalue weighted by atomic mass is 35.5. The fourth-order valence-corrected chi connectivity index (χ4v) is 4.44. The molecule has 40 heavy (non-hydrogen) atoms. The first-order chi connectivity index (χ1) is 19.0. The van der Waals surface area contributed by atoms with Crippen LogP contribution >= 0.6 is 23.2 Å². The minimum Gasteiger partial charge on any atom is -0.493 e. The molecule has 3 rings (SSSR count). The van der Waals surface area contributed by atoms with Crippen LogP contribution in [-0.2, 0) is 20.7 Å². The summed E-state index contributed by atoms with van der Waals surface area (Å²) in [4.78, 5) is 42.7. The highest BCUT2D eigenvalue weighted by molar-refractivity contribution is 6.42. The zero-order valence-electron chi connectivity index (χ0n) is 23.1. The molecule has 1 aromatic heterocycles. The Morgan fingerprint density at radius 1 is 0.900 bits per heavy atom. The van der Waals surface area contributed by atoms with E-state index in [1.165, 1.54) is 19.4 Å². The molecule has 0 aliphatic heterocycles. The molecular formula is C31H33Cl2NO6. The molecule has 0 radical (unpaired) electrons. The molecular weight excluding hydrogens is 553 g/mol. The molecule has 0 N–H and O–H groups in total. The van der Waals surface area contributed by atoms with Crippen molar-refractivity contribution in [3.8, 4) is 11.5 Å². The fourth-order valence-electron chi connectivity index (χ4n) is 4.12. The smallest absolute Gasteiger partial charge is 0.313 e. The van der Waals surface area contributed by atoms with E-state index < -0.39 is 35.7 Å². The summed E-state index contributed by atoms with van der Waals surface area (Å²) in [7, 11) is 1.40. The predicted octanol–water partition coefficient (Wildman–Crippen LogP) is 7.13. The van der Waals surface area contributed by atoms with Gasteiger partial charge in [0.05, 0.1) is 29.0 Å². The average molecular weight is 587 g/mol. The van der Waals surface area contributed by atoms with Gasteiger partial charge in [-0.2, -0.15) is 0 Å². The zero-order chi connectivity index (χ0) is 29.4. The molecule has 3 atom stereocenters. The number of rotatable bonds is 12. The van der Waals surface area contributed by atoms with Crippen LogP contribution in [0.1, 0.15) is 61.6 Å². The van der Waals surface area contributed by atoms with Gasteiger partial charge in [0.15, 0.2) is 17.2 Å². The van der Waals surface area contributed by atoms with Gasteiger partial charge in [-0.05, 0) is 36.6 Å². The lowest BCUT2D eigenvalue weighted by molar-refractivity contribution is -0.153. The quantitative estimate of drug-likeness (QED) is 0.165. The summed E-state index contributed by atoms with van der Waals surface area (Å²) in [6, 6.07) is 16.7. The Hall–Kier alpha value is -3.42. The summed E-state index contributed by atoms with van der Waals surface area (Å²) in [5, 5.41) is 0.916. The van der Waals surface area contributed by atoms with Gasteiger partial charge < -0.3 is 14.2 Å². The number of pyridine rings is 1. The van der Waals surface area contributed by atoms with Crippen molar-refractivity contribution in [2.75, 3.05) is 7.11 Å². The highest BCUT2D eigenvalue weighted by Gasteiger charge is 2.29. The standard InChI is InChI=1S/C31H33Cl2NO6/c1-18(2)30(36)40-29-27(38-5)13-14-34-28(29)26(35)15-19(3)31(37)39-20(4)23(22-9-7-6-8-10-22)16-21-11-12-24(32)25(33)17-21/h6-14,17-20,23H,15-16H2,1-5H3/t19-,20+,23+/m1/s1. The summed E-state index contributed by atoms with van der Waals surface area (Å²) in [5.41, 5.74) is 1.86. The van der Waals surface area contributed by atoms with Crippen LogP contribution in [0, 0.1) is 11.8 Å². The number of Topliss-reactive ketones (excluding diaryl/α,β-unsaturated/α-hetero) is 1. The van der Waals surface area contributed by atoms with E-state index in [-0.39, 0.29) is 29.5 Å². The largest absolute Gasteiger partial charge is 0.493 e. The van der Waals surface area contributed by atoms with Gasteiger partial charge in [0.1, 0.15) is 6.10 Å². The lowest BCUT2D eigenvalue weighted by atomic mass is 9.88. The number of ketones is 1. The normalized spacial score (nSPS) is 13.3. The molecule has 0 aliphatic carbocycles. The number of carbonyl (C=O) groups is 3. The summed E-state index contributed by atoms with van der Waals surface area (Å²) < 4.78 is 16.6. The second kappa shape index (κ2) is 14.3. The van der Waals surface area contributed by atoms with E-state index in [0.717, 1.165) is 11.1 Å². The van der Waals surface area contributed by atoms with Crippen molar-refractivity contribution in [1.29, 1.82) is 0 Å². The zero-order valence-corrected chi connectivity index (χ0v) is 24.7. The van der Waals surface area contributed by atoms with E-state index >= 15 is 0 Å². The Morgan fingerprint density at radius 2 is 1.60 bits per heavy atom. The molecule has 0 fully saturated rings. The SMILES string of the molecule is COc1ccnc(C(=O)C[C@@H](C)C(=O)O[C@@H](C)[C@H](Cc2ccc(Cl)c(Cl)c2)c2ccccc2)c1OC(=O)C(C)C. The van der Waals surface area contributed by atoms with Crippen LogP contribution in [-0.4, -0.2) is 35.9 Å². The number of hydrogen-bond acceptors (Lipinski definition) is 7. The van der Waals surface area contributed by atoms with Crippen molar-refractivity contribution in [2.24, 2.45) is 11.8 Å². The number of hydrogen-bond donors (Lipinski definition) is 0. The highest BCUT2D eigenvalue weighted by Crippen LogP contribution is 2.33. The van der Waals surface area contributed by atoms with Crippen molar-refractivity contribution in [1.82, 2.24) is 4.98 Å². The van der Waals surface area contributed by atoms with Gasteiger partial charge in [-0.15, -0.1) is 0 Å². The van der Waals surface area contributed by atoms with Crippen LogP contribution in [0.15, 0.2) is 60.8 Å². The summed E-state index contributed by atoms with van der Waals surface area (Å²) in [6.07, 6.45) is 1.23. The number of benzene rings is 2. The minimum absolute atomic E-state index is 0.0617. The molecule has 0 saturated carbocycles. The fraction of sp³-hybridized carbons (Fsp3) is 0.355. The molecule has 3 aromatic rings. The number of halogens is 2. The summed E-state index contributed by atoms with van der Waals surface area (Å²) in [6.45, 7) is 6.80. The molecule has 0 saturated heterocycles. The Kier molecular flexibility index (Phi) is 11.1. The van der Waals surface area contributed by atoms with Gasteiger partial charge in [-0.25, -0.2) is 4.98 Å². The van der Waals surface area contributed by atoms with Crippen molar-refractivity contribution in [2.45, 2.75) is 52.6 Å². The number of nitrogens with zero attached hydrogens (tertiary/aromatic N) is 1. The number of ether oxygens (including phenoxy) is 3. The minimum atomic E-state index is -0.780. The van der Waals surface area contributed by atoms with Crippen LogP contribution in [0.5, 0.6) is 11.5 Å². The Labute approximate surface area is 244 Å². The maximum atomic E-state index is 13.2. The van der Waals surface area contributed by atoms with Gasteiger partial charge in [0.2, 0.25) is 5.75 Å². The molecule has 0 aliphatic rings. The van der Waals surface area contributed by atoms with E-state index in [4.69, 9.17) is 37.4 Å². The van der Waals surface area contributed by atoms with Crippen molar-refractivity contribution in [3.63, 3.8) is 0 Å². The molecule has 7 nitrogen and oxygen atoms in total. The molecule has 1 heterocycles. The third-order valence-electron chi connectivity index (χ3n) is 6.46. The Morgan fingerprint density at radius 3 is 2.23 bits per heavy atom. The topological polar surface area (TPSA) is 91.8 Å². The molecule has 2 aromatic carbocycles. The van der Waals surface area contributed by atoms with Gasteiger partial charge in [0, 0.05) is 24.6 Å². The first-order valence-electron chi connectivity index (χ1n) is 13.0. The van der Waals surface area contributed by atoms with Gasteiger partial charge >= 0.3 is 11.9 Å². The lowest BCUT2D eigenvalue weighted by Gasteiger charge is -2.26. The number of methoxy groups -OCH3 is 1. The maximum Gasteiger partial charge on any atom is 0.313 e. The number of esters is 2. The summed E-state index contributed by atoms with van der Waals surface area (Å²) in [5.74, 6) is -2.78. The molecule has 0 spiro atoms. The lowest BCUT2D eigenvalue weighted by Crippen LogP contribution is -2.28. The van der Waals surface area contributed by atoms with E-state index in [1.807, 2.05) is 43.3 Å². The molecule has 9 heteroatoms. The van der Waals surface area contributed by atoms with E-state index in [1.54, 1.807) is 32.9 Å². The molecule has 0 bridgehead atoms. The van der Waals surface area contributed by atoms with Gasteiger partial charge in [0.25, 0.3) is 0 Å². The van der Waals surface area contributed by atoms with E-state index in [2.05, 4.69) is 4.98 Å². The molecule has 0 unspecified atom stereocenters. The van der Waals surface area contributed by atoms with Crippen molar-refractivity contribution < 1.29 is 28.6 Å². The Bertz CT molecular complexity index is 1340. The van der Waals surface area contributed by atoms with Crippen molar-refractivity contribution >= 4 is 40.9 Å². The monoisotopic (exact) mass is 585 g/mol. The van der Waals surface area contributed by atoms with Gasteiger partial charge in [-0.3, -0.25) is 14.4 Å². The third kappa shape index (κ3) is 8.05. The predicted molar refractivity (Wildman–Crippen MR) is 154 cm³/mol. The van der Waals surface area contributed by atoms with Crippen molar-refractivity contribution in [3.05, 3.63) is 87.7 Å². The summed E-state index contributed by atoms with van der Waals surface area (Å²) >= 11 is 12.3. The Balaban J connectivity index is 1.76. The third-order valence-corrected chi connectivity index (χ3v) is 7.20. The number of aromatic nitrogens is 1. The first-order valence-corrected chi connectivity index (χ1v) is 13.7.